The first-order valence-corrected chi connectivity index (χ1v) is 6.75. The molecule has 2 unspecified atom stereocenters. The van der Waals surface area contributed by atoms with Crippen molar-refractivity contribution in [3.63, 3.8) is 0 Å². The molecule has 2 atom stereocenters. The number of amides is 1. The molecule has 0 bridgehead atoms. The van der Waals surface area contributed by atoms with Gasteiger partial charge in [-0.3, -0.25) is 4.79 Å². The number of carbonyl (C=O) groups is 1. The second kappa shape index (κ2) is 6.56. The summed E-state index contributed by atoms with van der Waals surface area (Å²) in [6.45, 7) is 1.63. The molecule has 1 amide bonds. The van der Waals surface area contributed by atoms with Crippen molar-refractivity contribution in [2.45, 2.75) is 25.0 Å². The van der Waals surface area contributed by atoms with E-state index in [0.29, 0.717) is 11.3 Å². The molecule has 0 radical (unpaired) electrons. The van der Waals surface area contributed by atoms with Gasteiger partial charge < -0.3 is 19.9 Å². The standard InChI is InChI=1S/C16H19NO4/c1-16(20,12-6-3-2-4-7-12)10-15(19)17-11-13(18)14-8-5-9-21-14/h2-9,13,18,20H,10-11H2,1H3,(H,17,19). The summed E-state index contributed by atoms with van der Waals surface area (Å²) in [5.41, 5.74) is -0.576. The zero-order chi connectivity index (χ0) is 15.3. The second-order valence-electron chi connectivity index (χ2n) is 5.15. The first kappa shape index (κ1) is 15.3. The van der Waals surface area contributed by atoms with Crippen LogP contribution in [0.1, 0.15) is 30.8 Å². The number of rotatable bonds is 6. The van der Waals surface area contributed by atoms with Crippen LogP contribution in [0.25, 0.3) is 0 Å². The van der Waals surface area contributed by atoms with E-state index >= 15 is 0 Å². The maximum absolute atomic E-state index is 11.9. The average molecular weight is 289 g/mol. The first-order valence-electron chi connectivity index (χ1n) is 6.75. The number of aliphatic hydroxyl groups excluding tert-OH is 1. The fourth-order valence-electron chi connectivity index (χ4n) is 2.07. The Morgan fingerprint density at radius 1 is 1.29 bits per heavy atom. The summed E-state index contributed by atoms with van der Waals surface area (Å²) in [5.74, 6) is 0.0552. The number of nitrogens with one attached hydrogen (secondary N) is 1. The molecule has 5 heteroatoms. The highest BCUT2D eigenvalue weighted by molar-refractivity contribution is 5.77. The molecule has 0 spiro atoms. The van der Waals surface area contributed by atoms with Gasteiger partial charge in [0, 0.05) is 0 Å². The Morgan fingerprint density at radius 3 is 2.62 bits per heavy atom. The summed E-state index contributed by atoms with van der Waals surface area (Å²) >= 11 is 0. The minimum absolute atomic E-state index is 0.0389. The van der Waals surface area contributed by atoms with Gasteiger partial charge in [-0.25, -0.2) is 0 Å². The first-order chi connectivity index (χ1) is 9.99. The Hall–Kier alpha value is -2.11. The van der Waals surface area contributed by atoms with E-state index in [9.17, 15) is 15.0 Å². The molecule has 3 N–H and O–H groups in total. The minimum atomic E-state index is -1.25. The van der Waals surface area contributed by atoms with Crippen molar-refractivity contribution in [1.82, 2.24) is 5.32 Å². The molecule has 0 aliphatic carbocycles. The van der Waals surface area contributed by atoms with Gasteiger partial charge in [0.15, 0.2) is 0 Å². The van der Waals surface area contributed by atoms with Crippen LogP contribution in [-0.2, 0) is 10.4 Å². The van der Waals surface area contributed by atoms with Crippen LogP contribution in [0.5, 0.6) is 0 Å². The van der Waals surface area contributed by atoms with Gasteiger partial charge >= 0.3 is 0 Å². The Bertz CT molecular complexity index is 563. The van der Waals surface area contributed by atoms with Crippen LogP contribution in [0.2, 0.25) is 0 Å². The lowest BCUT2D eigenvalue weighted by atomic mass is 9.92. The lowest BCUT2D eigenvalue weighted by molar-refractivity contribution is -0.126. The number of hydrogen-bond acceptors (Lipinski definition) is 4. The molecule has 0 fully saturated rings. The highest BCUT2D eigenvalue weighted by Gasteiger charge is 2.26. The van der Waals surface area contributed by atoms with E-state index in [1.165, 1.54) is 6.26 Å². The van der Waals surface area contributed by atoms with Gasteiger partial charge in [0.05, 0.1) is 24.8 Å². The van der Waals surface area contributed by atoms with E-state index in [4.69, 9.17) is 4.42 Å². The largest absolute Gasteiger partial charge is 0.467 e. The Labute approximate surface area is 123 Å². The summed E-state index contributed by atoms with van der Waals surface area (Å²) in [6.07, 6.45) is 0.480. The molecule has 21 heavy (non-hydrogen) atoms. The number of hydrogen-bond donors (Lipinski definition) is 3. The summed E-state index contributed by atoms with van der Waals surface area (Å²) in [6, 6.07) is 12.3. The molecule has 0 saturated carbocycles. The van der Waals surface area contributed by atoms with E-state index in [2.05, 4.69) is 5.32 Å². The van der Waals surface area contributed by atoms with Crippen molar-refractivity contribution in [2.75, 3.05) is 6.54 Å². The molecule has 1 aromatic heterocycles. The minimum Gasteiger partial charge on any atom is -0.467 e. The lowest BCUT2D eigenvalue weighted by Crippen LogP contribution is -2.34. The van der Waals surface area contributed by atoms with Crippen LogP contribution in [0.3, 0.4) is 0 Å². The maximum Gasteiger partial charge on any atom is 0.223 e. The lowest BCUT2D eigenvalue weighted by Gasteiger charge is -2.23. The van der Waals surface area contributed by atoms with Crippen molar-refractivity contribution in [2.24, 2.45) is 0 Å². The molecule has 112 valence electrons. The van der Waals surface area contributed by atoms with Crippen molar-refractivity contribution < 1.29 is 19.4 Å². The van der Waals surface area contributed by atoms with Crippen molar-refractivity contribution >= 4 is 5.91 Å². The number of aliphatic hydroxyl groups is 2. The van der Waals surface area contributed by atoms with Crippen LogP contribution in [0.15, 0.2) is 53.1 Å². The number of carbonyl (C=O) groups excluding carboxylic acids is 1. The predicted octanol–water partition coefficient (Wildman–Crippen LogP) is 1.73. The SMILES string of the molecule is CC(O)(CC(=O)NCC(O)c1ccco1)c1ccccc1. The van der Waals surface area contributed by atoms with E-state index < -0.39 is 11.7 Å². The van der Waals surface area contributed by atoms with Gasteiger partial charge in [-0.1, -0.05) is 30.3 Å². The predicted molar refractivity (Wildman–Crippen MR) is 77.3 cm³/mol. The topological polar surface area (TPSA) is 82.7 Å². The third-order valence-corrected chi connectivity index (χ3v) is 3.26. The Balaban J connectivity index is 1.87. The summed E-state index contributed by atoms with van der Waals surface area (Å²) < 4.78 is 5.05. The van der Waals surface area contributed by atoms with E-state index in [-0.39, 0.29) is 18.9 Å². The van der Waals surface area contributed by atoms with Crippen molar-refractivity contribution in [3.05, 3.63) is 60.1 Å². The van der Waals surface area contributed by atoms with Crippen LogP contribution in [0, 0.1) is 0 Å². The van der Waals surface area contributed by atoms with Crippen molar-refractivity contribution in [3.8, 4) is 0 Å². The molecule has 5 nitrogen and oxygen atoms in total. The smallest absolute Gasteiger partial charge is 0.223 e. The maximum atomic E-state index is 11.9. The third kappa shape index (κ3) is 4.18. The van der Waals surface area contributed by atoms with Gasteiger partial charge in [-0.05, 0) is 24.6 Å². The molecular formula is C16H19NO4. The third-order valence-electron chi connectivity index (χ3n) is 3.26. The molecule has 2 rings (SSSR count). The number of benzene rings is 1. The molecular weight excluding hydrogens is 270 g/mol. The molecule has 0 saturated heterocycles. The monoisotopic (exact) mass is 289 g/mol. The highest BCUT2D eigenvalue weighted by atomic mass is 16.4. The average Bonchev–Trinajstić information content (AvgIpc) is 2.99. The zero-order valence-corrected chi connectivity index (χ0v) is 11.8. The molecule has 1 heterocycles. The van der Waals surface area contributed by atoms with Gasteiger partial charge in [0.25, 0.3) is 0 Å². The van der Waals surface area contributed by atoms with Crippen LogP contribution in [-0.4, -0.2) is 22.7 Å². The summed E-state index contributed by atoms with van der Waals surface area (Å²) in [4.78, 5) is 11.9. The fourth-order valence-corrected chi connectivity index (χ4v) is 2.07. The fraction of sp³-hybridized carbons (Fsp3) is 0.312. The summed E-state index contributed by atoms with van der Waals surface area (Å²) in [5, 5.41) is 22.8. The quantitative estimate of drug-likeness (QED) is 0.756. The van der Waals surface area contributed by atoms with Gasteiger partial charge in [-0.15, -0.1) is 0 Å². The number of furan rings is 1. The highest BCUT2D eigenvalue weighted by Crippen LogP contribution is 2.24. The summed E-state index contributed by atoms with van der Waals surface area (Å²) in [7, 11) is 0. The van der Waals surface area contributed by atoms with E-state index in [0.717, 1.165) is 0 Å². The van der Waals surface area contributed by atoms with Crippen LogP contribution < -0.4 is 5.32 Å². The van der Waals surface area contributed by atoms with E-state index in [1.807, 2.05) is 18.2 Å². The van der Waals surface area contributed by atoms with Gasteiger partial charge in [0.1, 0.15) is 11.9 Å². The van der Waals surface area contributed by atoms with E-state index in [1.54, 1.807) is 31.2 Å². The van der Waals surface area contributed by atoms with Crippen LogP contribution in [0.4, 0.5) is 0 Å². The van der Waals surface area contributed by atoms with Crippen molar-refractivity contribution in [1.29, 1.82) is 0 Å². The zero-order valence-electron chi connectivity index (χ0n) is 11.8. The van der Waals surface area contributed by atoms with Crippen LogP contribution >= 0.6 is 0 Å². The molecule has 0 aliphatic heterocycles. The Kier molecular flexibility index (Phi) is 4.77. The van der Waals surface area contributed by atoms with Gasteiger partial charge in [-0.2, -0.15) is 0 Å². The Morgan fingerprint density at radius 2 is 2.00 bits per heavy atom. The normalized spacial score (nSPS) is 15.2. The van der Waals surface area contributed by atoms with Gasteiger partial charge in [0.2, 0.25) is 5.91 Å². The second-order valence-corrected chi connectivity index (χ2v) is 5.15. The molecule has 2 aromatic rings. The molecule has 0 aliphatic rings. The molecule has 1 aromatic carbocycles.